The van der Waals surface area contributed by atoms with Crippen LogP contribution in [0.4, 0.5) is 0 Å². The number of aromatic hydroxyl groups is 1. The minimum atomic E-state index is -0.411. The standard InChI is InChI=1S/C24H30O3/c1-18(2)16-24(5,19-6-10-21(26)11-7-19)20-8-12-22(13-9-20)27-17-23(3,4)14-15-25/h6-13,18,25-26H,16-17H2,1-5H3. The first-order valence-corrected chi connectivity index (χ1v) is 9.35. The lowest BCUT2D eigenvalue weighted by atomic mass is 9.71. The Kier molecular flexibility index (Phi) is 6.44. The number of ether oxygens (including phenoxy) is 1. The molecule has 0 aromatic heterocycles. The van der Waals surface area contributed by atoms with Crippen LogP contribution in [-0.2, 0) is 5.41 Å². The summed E-state index contributed by atoms with van der Waals surface area (Å²) in [6, 6.07) is 15.7. The van der Waals surface area contributed by atoms with Gasteiger partial charge in [-0.2, -0.15) is 0 Å². The van der Waals surface area contributed by atoms with E-state index in [0.29, 0.717) is 12.5 Å². The molecule has 0 aliphatic heterocycles. The lowest BCUT2D eigenvalue weighted by Crippen LogP contribution is -2.26. The van der Waals surface area contributed by atoms with Crippen molar-refractivity contribution in [2.45, 2.75) is 46.5 Å². The molecule has 144 valence electrons. The van der Waals surface area contributed by atoms with Crippen molar-refractivity contribution in [1.29, 1.82) is 0 Å². The molecule has 0 saturated carbocycles. The zero-order valence-corrected chi connectivity index (χ0v) is 16.9. The van der Waals surface area contributed by atoms with E-state index in [4.69, 9.17) is 9.84 Å². The second-order valence-corrected chi connectivity index (χ2v) is 8.41. The fourth-order valence-corrected chi connectivity index (χ4v) is 3.42. The lowest BCUT2D eigenvalue weighted by Gasteiger charge is -2.33. The minimum absolute atomic E-state index is 0.151. The predicted octanol–water partition coefficient (Wildman–Crippen LogP) is 5.48. The maximum atomic E-state index is 9.63. The van der Waals surface area contributed by atoms with E-state index in [1.165, 1.54) is 11.1 Å². The summed E-state index contributed by atoms with van der Waals surface area (Å²) in [5, 5.41) is 18.4. The quantitative estimate of drug-likeness (QED) is 0.638. The van der Waals surface area contributed by atoms with Crippen molar-refractivity contribution >= 4 is 0 Å². The van der Waals surface area contributed by atoms with Gasteiger partial charge in [-0.1, -0.05) is 51.0 Å². The Morgan fingerprint density at radius 2 is 1.44 bits per heavy atom. The molecule has 0 amide bonds. The Bertz CT molecular complexity index is 792. The van der Waals surface area contributed by atoms with E-state index in [-0.39, 0.29) is 11.2 Å². The summed E-state index contributed by atoms with van der Waals surface area (Å²) in [4.78, 5) is 0. The summed E-state index contributed by atoms with van der Waals surface area (Å²) in [7, 11) is 0. The largest absolute Gasteiger partial charge is 0.508 e. The molecule has 0 bridgehead atoms. The van der Waals surface area contributed by atoms with E-state index in [2.05, 4.69) is 38.8 Å². The van der Waals surface area contributed by atoms with Crippen LogP contribution in [0.3, 0.4) is 0 Å². The highest BCUT2D eigenvalue weighted by atomic mass is 16.5. The second-order valence-electron chi connectivity index (χ2n) is 8.41. The number of phenols is 1. The Balaban J connectivity index is 2.26. The summed E-state index contributed by atoms with van der Waals surface area (Å²) in [5.74, 6) is 4.32. The molecule has 2 aromatic rings. The molecule has 0 saturated heterocycles. The fraction of sp³-hybridized carbons (Fsp3) is 0.417. The number of hydrogen-bond acceptors (Lipinski definition) is 3. The number of hydrogen-bond donors (Lipinski definition) is 2. The first kappa shape index (κ1) is 20.7. The highest BCUT2D eigenvalue weighted by molar-refractivity contribution is 5.42. The molecule has 3 heteroatoms. The molecule has 0 aliphatic carbocycles. The maximum absolute atomic E-state index is 9.63. The zero-order valence-electron chi connectivity index (χ0n) is 16.9. The Hall–Kier alpha value is -2.60. The molecule has 2 rings (SSSR count). The number of rotatable bonds is 7. The number of phenolic OH excluding ortho intramolecular Hbond substituents is 1. The molecular weight excluding hydrogens is 336 g/mol. The van der Waals surface area contributed by atoms with Crippen LogP contribution in [0.2, 0.25) is 0 Å². The second kappa shape index (κ2) is 8.39. The molecule has 1 atom stereocenters. The van der Waals surface area contributed by atoms with Crippen molar-refractivity contribution in [3.8, 4) is 23.5 Å². The first-order valence-electron chi connectivity index (χ1n) is 9.35. The lowest BCUT2D eigenvalue weighted by molar-refractivity contribution is 0.228. The molecule has 0 radical (unpaired) electrons. The number of benzene rings is 2. The van der Waals surface area contributed by atoms with Gasteiger partial charge in [0.2, 0.25) is 0 Å². The van der Waals surface area contributed by atoms with Gasteiger partial charge < -0.3 is 14.9 Å². The van der Waals surface area contributed by atoms with Crippen molar-refractivity contribution in [2.75, 3.05) is 6.61 Å². The summed E-state index contributed by atoms with van der Waals surface area (Å²) in [6.07, 6.45) is 2.96. The van der Waals surface area contributed by atoms with Crippen LogP contribution >= 0.6 is 0 Å². The summed E-state index contributed by atoms with van der Waals surface area (Å²) in [6.45, 7) is 10.9. The van der Waals surface area contributed by atoms with Crippen molar-refractivity contribution in [3.63, 3.8) is 0 Å². The van der Waals surface area contributed by atoms with Gasteiger partial charge in [-0.15, -0.1) is 0 Å². The molecule has 0 heterocycles. The predicted molar refractivity (Wildman–Crippen MR) is 109 cm³/mol. The van der Waals surface area contributed by atoms with Gasteiger partial charge in [0, 0.05) is 5.41 Å². The monoisotopic (exact) mass is 366 g/mol. The first-order chi connectivity index (χ1) is 12.7. The van der Waals surface area contributed by atoms with Gasteiger partial charge in [0.05, 0.1) is 5.41 Å². The molecule has 0 aliphatic rings. The van der Waals surface area contributed by atoms with Crippen LogP contribution in [-0.4, -0.2) is 16.8 Å². The summed E-state index contributed by atoms with van der Waals surface area (Å²) < 4.78 is 5.85. The Morgan fingerprint density at radius 3 is 1.93 bits per heavy atom. The molecule has 0 spiro atoms. The third-order valence-corrected chi connectivity index (χ3v) is 4.81. The smallest absolute Gasteiger partial charge is 0.119 e. The molecule has 2 aromatic carbocycles. The number of aliphatic hydroxyl groups excluding tert-OH is 1. The topological polar surface area (TPSA) is 49.7 Å². The van der Waals surface area contributed by atoms with Crippen LogP contribution < -0.4 is 4.74 Å². The molecule has 1 unspecified atom stereocenters. The van der Waals surface area contributed by atoms with Crippen LogP contribution in [0.1, 0.15) is 52.2 Å². The molecule has 3 nitrogen and oxygen atoms in total. The minimum Gasteiger partial charge on any atom is -0.508 e. The van der Waals surface area contributed by atoms with E-state index in [1.54, 1.807) is 12.1 Å². The van der Waals surface area contributed by atoms with Gasteiger partial charge in [-0.25, -0.2) is 0 Å². The van der Waals surface area contributed by atoms with Gasteiger partial charge in [-0.3, -0.25) is 0 Å². The van der Waals surface area contributed by atoms with E-state index in [0.717, 1.165) is 12.2 Å². The maximum Gasteiger partial charge on any atom is 0.119 e. The fourth-order valence-electron chi connectivity index (χ4n) is 3.42. The third-order valence-electron chi connectivity index (χ3n) is 4.81. The zero-order chi connectivity index (χ0) is 20.1. The summed E-state index contributed by atoms with van der Waals surface area (Å²) >= 11 is 0. The normalized spacial score (nSPS) is 13.6. The molecule has 27 heavy (non-hydrogen) atoms. The van der Waals surface area contributed by atoms with Gasteiger partial charge in [0.15, 0.2) is 0 Å². The Labute approximate surface area is 163 Å². The van der Waals surface area contributed by atoms with Crippen LogP contribution in [0, 0.1) is 23.4 Å². The van der Waals surface area contributed by atoms with Crippen LogP contribution in [0.15, 0.2) is 48.5 Å². The number of aliphatic hydroxyl groups is 1. The van der Waals surface area contributed by atoms with Gasteiger partial charge >= 0.3 is 0 Å². The average molecular weight is 367 g/mol. The molecule has 0 fully saturated rings. The van der Waals surface area contributed by atoms with Crippen molar-refractivity contribution in [3.05, 3.63) is 59.7 Å². The van der Waals surface area contributed by atoms with Gasteiger partial charge in [-0.05, 0) is 61.6 Å². The van der Waals surface area contributed by atoms with Crippen molar-refractivity contribution < 1.29 is 14.9 Å². The van der Waals surface area contributed by atoms with Gasteiger partial charge in [0.25, 0.3) is 0 Å². The third kappa shape index (κ3) is 5.44. The van der Waals surface area contributed by atoms with E-state index >= 15 is 0 Å². The van der Waals surface area contributed by atoms with E-state index < -0.39 is 5.41 Å². The van der Waals surface area contributed by atoms with Crippen LogP contribution in [0.25, 0.3) is 0 Å². The summed E-state index contributed by atoms with van der Waals surface area (Å²) in [5.41, 5.74) is 1.83. The molecule has 2 N–H and O–H groups in total. The van der Waals surface area contributed by atoms with E-state index in [9.17, 15) is 5.11 Å². The van der Waals surface area contributed by atoms with E-state index in [1.807, 2.05) is 44.2 Å². The van der Waals surface area contributed by atoms with Crippen molar-refractivity contribution in [1.82, 2.24) is 0 Å². The SMILES string of the molecule is CC(C)CC(C)(c1ccc(O)cc1)c1ccc(OCC(C)(C)C#CO)cc1. The molecular formula is C24H30O3. The van der Waals surface area contributed by atoms with Crippen molar-refractivity contribution in [2.24, 2.45) is 11.3 Å². The van der Waals surface area contributed by atoms with Crippen LogP contribution in [0.5, 0.6) is 11.5 Å². The average Bonchev–Trinajstić information content (AvgIpc) is 2.60. The highest BCUT2D eigenvalue weighted by Gasteiger charge is 2.30. The highest BCUT2D eigenvalue weighted by Crippen LogP contribution is 2.39. The Morgan fingerprint density at radius 1 is 0.926 bits per heavy atom. The van der Waals surface area contributed by atoms with Gasteiger partial charge in [0.1, 0.15) is 24.2 Å².